The van der Waals surface area contributed by atoms with E-state index in [0.717, 1.165) is 38.0 Å². The highest BCUT2D eigenvalue weighted by molar-refractivity contribution is 7.91. The van der Waals surface area contributed by atoms with Crippen molar-refractivity contribution in [3.8, 4) is 0 Å². The third kappa shape index (κ3) is 5.05. The Morgan fingerprint density at radius 2 is 2.04 bits per heavy atom. The summed E-state index contributed by atoms with van der Waals surface area (Å²) in [5.74, 6) is 0.818. The quantitative estimate of drug-likeness (QED) is 0.759. The maximum absolute atomic E-state index is 12.7. The second kappa shape index (κ2) is 8.64. The fourth-order valence-corrected chi connectivity index (χ4v) is 4.39. The number of aliphatic hydroxyl groups excluding tert-OH is 1. The molecule has 1 aromatic heterocycles. The van der Waals surface area contributed by atoms with Crippen molar-refractivity contribution in [1.29, 1.82) is 0 Å². The van der Waals surface area contributed by atoms with Crippen molar-refractivity contribution in [2.45, 2.75) is 70.5 Å². The number of hydrogen-bond acceptors (Lipinski definition) is 5. The SMILES string of the molecule is CC(C)CCn1c(CN2CCC[C@@H](CO)C2)cnc1S(=O)(=O)C(C)C. The highest BCUT2D eigenvalue weighted by Gasteiger charge is 2.28. The molecule has 0 spiro atoms. The zero-order valence-corrected chi connectivity index (χ0v) is 16.8. The van der Waals surface area contributed by atoms with Gasteiger partial charge >= 0.3 is 0 Å². The minimum absolute atomic E-state index is 0.203. The van der Waals surface area contributed by atoms with Crippen LogP contribution in [0.1, 0.15) is 52.7 Å². The van der Waals surface area contributed by atoms with Crippen LogP contribution in [0.2, 0.25) is 0 Å². The van der Waals surface area contributed by atoms with Gasteiger partial charge in [0.2, 0.25) is 15.0 Å². The van der Waals surface area contributed by atoms with Gasteiger partial charge in [-0.05, 0) is 51.5 Å². The van der Waals surface area contributed by atoms with Crippen molar-refractivity contribution in [2.24, 2.45) is 11.8 Å². The summed E-state index contributed by atoms with van der Waals surface area (Å²) < 4.78 is 27.2. The van der Waals surface area contributed by atoms with Crippen molar-refractivity contribution in [3.63, 3.8) is 0 Å². The van der Waals surface area contributed by atoms with Crippen LogP contribution < -0.4 is 0 Å². The van der Waals surface area contributed by atoms with E-state index in [1.54, 1.807) is 20.0 Å². The fourth-order valence-electron chi connectivity index (χ4n) is 3.26. The average molecular weight is 372 g/mol. The highest BCUT2D eigenvalue weighted by atomic mass is 32.2. The predicted molar refractivity (Wildman–Crippen MR) is 99.1 cm³/mol. The van der Waals surface area contributed by atoms with Crippen LogP contribution in [-0.2, 0) is 22.9 Å². The fraction of sp³-hybridized carbons (Fsp3) is 0.833. The molecule has 1 aliphatic rings. The van der Waals surface area contributed by atoms with Crippen molar-refractivity contribution in [2.75, 3.05) is 19.7 Å². The lowest BCUT2D eigenvalue weighted by molar-refractivity contribution is 0.114. The van der Waals surface area contributed by atoms with Gasteiger partial charge in [-0.25, -0.2) is 13.4 Å². The van der Waals surface area contributed by atoms with Crippen molar-refractivity contribution in [3.05, 3.63) is 11.9 Å². The summed E-state index contributed by atoms with van der Waals surface area (Å²) in [6.45, 7) is 11.1. The molecule has 144 valence electrons. The Kier molecular flexibility index (Phi) is 7.05. The van der Waals surface area contributed by atoms with Gasteiger partial charge in [0, 0.05) is 26.2 Å². The smallest absolute Gasteiger partial charge is 0.228 e. The molecule has 1 aromatic rings. The van der Waals surface area contributed by atoms with Gasteiger partial charge in [-0.1, -0.05) is 13.8 Å². The molecule has 0 aliphatic carbocycles. The van der Waals surface area contributed by atoms with Gasteiger partial charge in [0.1, 0.15) is 0 Å². The van der Waals surface area contributed by atoms with Gasteiger partial charge in [-0.3, -0.25) is 4.90 Å². The number of aromatic nitrogens is 2. The van der Waals surface area contributed by atoms with Crippen LogP contribution in [0.15, 0.2) is 11.4 Å². The van der Waals surface area contributed by atoms with Crippen LogP contribution in [0.4, 0.5) is 0 Å². The Bertz CT molecular complexity index is 653. The zero-order chi connectivity index (χ0) is 18.6. The molecule has 0 aromatic carbocycles. The van der Waals surface area contributed by atoms with Crippen LogP contribution in [-0.4, -0.2) is 52.9 Å². The molecule has 1 aliphatic heterocycles. The Morgan fingerprint density at radius 3 is 2.64 bits per heavy atom. The van der Waals surface area contributed by atoms with Gasteiger partial charge in [0.05, 0.1) is 17.1 Å². The van der Waals surface area contributed by atoms with Crippen LogP contribution in [0.3, 0.4) is 0 Å². The average Bonchev–Trinajstić information content (AvgIpc) is 2.96. The molecule has 1 N–H and O–H groups in total. The lowest BCUT2D eigenvalue weighted by Crippen LogP contribution is -2.37. The molecule has 1 fully saturated rings. The molecule has 2 rings (SSSR count). The van der Waals surface area contributed by atoms with Crippen LogP contribution in [0, 0.1) is 11.8 Å². The van der Waals surface area contributed by atoms with Crippen molar-refractivity contribution >= 4 is 9.84 Å². The number of rotatable bonds is 8. The first-order chi connectivity index (χ1) is 11.8. The third-order valence-electron chi connectivity index (χ3n) is 4.95. The maximum atomic E-state index is 12.7. The summed E-state index contributed by atoms with van der Waals surface area (Å²) in [5, 5.41) is 9.15. The third-order valence-corrected chi connectivity index (χ3v) is 7.03. The number of likely N-dealkylation sites (tertiary alicyclic amines) is 1. The lowest BCUT2D eigenvalue weighted by Gasteiger charge is -2.32. The first-order valence-electron chi connectivity index (χ1n) is 9.37. The molecule has 0 radical (unpaired) electrons. The van der Waals surface area contributed by atoms with Crippen LogP contribution in [0.25, 0.3) is 0 Å². The molecule has 1 saturated heterocycles. The maximum Gasteiger partial charge on any atom is 0.228 e. The van der Waals surface area contributed by atoms with E-state index in [4.69, 9.17) is 0 Å². The molecule has 0 amide bonds. The van der Waals surface area contributed by atoms with Crippen molar-refractivity contribution in [1.82, 2.24) is 14.5 Å². The normalized spacial score (nSPS) is 19.9. The Hall–Kier alpha value is -0.920. The second-order valence-corrected chi connectivity index (χ2v) is 10.3. The van der Waals surface area contributed by atoms with Gasteiger partial charge in [-0.15, -0.1) is 0 Å². The highest BCUT2D eigenvalue weighted by Crippen LogP contribution is 2.22. The zero-order valence-electron chi connectivity index (χ0n) is 16.0. The number of aliphatic hydroxyl groups is 1. The second-order valence-electron chi connectivity index (χ2n) is 7.89. The monoisotopic (exact) mass is 371 g/mol. The molecule has 2 heterocycles. The standard InChI is InChI=1S/C18H33N3O3S/c1-14(2)7-9-21-17(10-19-18(21)25(23,24)15(3)4)12-20-8-5-6-16(11-20)13-22/h10,14-16,22H,5-9,11-13H2,1-4H3/t16-/m1/s1. The van der Waals surface area contributed by atoms with E-state index in [-0.39, 0.29) is 11.8 Å². The summed E-state index contributed by atoms with van der Waals surface area (Å²) in [6, 6.07) is 0. The van der Waals surface area contributed by atoms with E-state index in [1.165, 1.54) is 0 Å². The Balaban J connectivity index is 2.26. The molecule has 25 heavy (non-hydrogen) atoms. The van der Waals surface area contributed by atoms with E-state index >= 15 is 0 Å². The summed E-state index contributed by atoms with van der Waals surface area (Å²) in [7, 11) is -3.40. The predicted octanol–water partition coefficient (Wildman–Crippen LogP) is 2.32. The minimum Gasteiger partial charge on any atom is -0.396 e. The molecule has 1 atom stereocenters. The summed E-state index contributed by atoms with van der Waals surface area (Å²) >= 11 is 0. The molecule has 0 saturated carbocycles. The van der Waals surface area contributed by atoms with Gasteiger partial charge < -0.3 is 9.67 Å². The molecular weight excluding hydrogens is 338 g/mol. The lowest BCUT2D eigenvalue weighted by atomic mass is 9.99. The molecule has 7 heteroatoms. The van der Waals surface area contributed by atoms with E-state index in [0.29, 0.717) is 24.9 Å². The van der Waals surface area contributed by atoms with E-state index < -0.39 is 15.1 Å². The Morgan fingerprint density at radius 1 is 1.32 bits per heavy atom. The van der Waals surface area contributed by atoms with Crippen molar-refractivity contribution < 1.29 is 13.5 Å². The number of hydrogen-bond donors (Lipinski definition) is 1. The molecule has 6 nitrogen and oxygen atoms in total. The molecular formula is C18H33N3O3S. The largest absolute Gasteiger partial charge is 0.396 e. The number of nitrogens with zero attached hydrogens (tertiary/aromatic N) is 3. The van der Waals surface area contributed by atoms with Gasteiger partial charge in [-0.2, -0.15) is 0 Å². The minimum atomic E-state index is -3.40. The van der Waals surface area contributed by atoms with Gasteiger partial charge in [0.15, 0.2) is 0 Å². The summed E-state index contributed by atoms with van der Waals surface area (Å²) in [6.07, 6.45) is 4.77. The first kappa shape index (κ1) is 20.4. The van der Waals surface area contributed by atoms with E-state index in [9.17, 15) is 13.5 Å². The summed E-state index contributed by atoms with van der Waals surface area (Å²) in [5.41, 5.74) is 0.957. The van der Waals surface area contributed by atoms with Crippen LogP contribution >= 0.6 is 0 Å². The van der Waals surface area contributed by atoms with Crippen LogP contribution in [0.5, 0.6) is 0 Å². The molecule has 0 bridgehead atoms. The van der Waals surface area contributed by atoms with Gasteiger partial charge in [0.25, 0.3) is 0 Å². The first-order valence-corrected chi connectivity index (χ1v) is 10.9. The Labute approximate surface area is 152 Å². The molecule has 0 unspecified atom stereocenters. The topological polar surface area (TPSA) is 75.4 Å². The van der Waals surface area contributed by atoms with E-state index in [1.807, 2.05) is 4.57 Å². The number of imidazole rings is 1. The number of piperidine rings is 1. The summed E-state index contributed by atoms with van der Waals surface area (Å²) in [4.78, 5) is 6.60. The number of sulfone groups is 1. The van der Waals surface area contributed by atoms with E-state index in [2.05, 4.69) is 23.7 Å².